The highest BCUT2D eigenvalue weighted by molar-refractivity contribution is 5.95. The van der Waals surface area contributed by atoms with Crippen molar-refractivity contribution in [3.8, 4) is 0 Å². The fourth-order valence-corrected chi connectivity index (χ4v) is 4.61. The van der Waals surface area contributed by atoms with Gasteiger partial charge in [0, 0.05) is 12.2 Å². The van der Waals surface area contributed by atoms with E-state index in [2.05, 4.69) is 11.8 Å². The molecule has 30 heavy (non-hydrogen) atoms. The van der Waals surface area contributed by atoms with Crippen LogP contribution in [0, 0.1) is 5.92 Å². The average Bonchev–Trinajstić information content (AvgIpc) is 2.77. The van der Waals surface area contributed by atoms with Gasteiger partial charge in [-0.1, -0.05) is 30.3 Å². The molecule has 4 rings (SSSR count). The molecule has 6 nitrogen and oxygen atoms in total. The van der Waals surface area contributed by atoms with E-state index in [1.54, 1.807) is 18.2 Å². The SMILES string of the molecule is C[C@]1(C2CCN(Cc3cccc(C(=O)O)c3)CC2)CN(c2ccccc2)C(=O)CO1. The second-order valence-corrected chi connectivity index (χ2v) is 8.47. The van der Waals surface area contributed by atoms with Gasteiger partial charge in [-0.25, -0.2) is 4.79 Å². The summed E-state index contributed by atoms with van der Waals surface area (Å²) in [6.07, 6.45) is 1.98. The number of carbonyl (C=O) groups excluding carboxylic acids is 1. The van der Waals surface area contributed by atoms with Gasteiger partial charge in [-0.05, 0) is 68.6 Å². The van der Waals surface area contributed by atoms with Crippen LogP contribution in [-0.4, -0.2) is 53.7 Å². The van der Waals surface area contributed by atoms with Crippen LogP contribution in [0.3, 0.4) is 0 Å². The third-order valence-electron chi connectivity index (χ3n) is 6.40. The minimum Gasteiger partial charge on any atom is -0.478 e. The van der Waals surface area contributed by atoms with Crippen molar-refractivity contribution in [2.75, 3.05) is 31.1 Å². The number of piperidine rings is 1. The van der Waals surface area contributed by atoms with E-state index in [1.807, 2.05) is 41.3 Å². The smallest absolute Gasteiger partial charge is 0.335 e. The zero-order valence-electron chi connectivity index (χ0n) is 17.3. The lowest BCUT2D eigenvalue weighted by atomic mass is 9.80. The van der Waals surface area contributed by atoms with Crippen molar-refractivity contribution in [1.29, 1.82) is 0 Å². The van der Waals surface area contributed by atoms with E-state index in [0.717, 1.165) is 43.7 Å². The lowest BCUT2D eigenvalue weighted by Crippen LogP contribution is -2.58. The van der Waals surface area contributed by atoms with Crippen molar-refractivity contribution in [3.05, 3.63) is 65.7 Å². The summed E-state index contributed by atoms with van der Waals surface area (Å²) in [6, 6.07) is 17.0. The van der Waals surface area contributed by atoms with Crippen molar-refractivity contribution >= 4 is 17.6 Å². The number of hydrogen-bond donors (Lipinski definition) is 1. The van der Waals surface area contributed by atoms with Gasteiger partial charge in [0.05, 0.1) is 17.7 Å². The molecule has 6 heteroatoms. The molecular formula is C24H28N2O4. The summed E-state index contributed by atoms with van der Waals surface area (Å²) in [5.74, 6) is -0.511. The fraction of sp³-hybridized carbons (Fsp3) is 0.417. The molecule has 0 spiro atoms. The van der Waals surface area contributed by atoms with Crippen molar-refractivity contribution in [3.63, 3.8) is 0 Å². The Hall–Kier alpha value is -2.70. The van der Waals surface area contributed by atoms with Crippen molar-refractivity contribution in [1.82, 2.24) is 4.90 Å². The first-order chi connectivity index (χ1) is 14.4. The lowest BCUT2D eigenvalue weighted by Gasteiger charge is -2.47. The van der Waals surface area contributed by atoms with Gasteiger partial charge in [0.1, 0.15) is 6.61 Å². The molecule has 0 aromatic heterocycles. The second kappa shape index (κ2) is 8.58. The first-order valence-electron chi connectivity index (χ1n) is 10.5. The van der Waals surface area contributed by atoms with Gasteiger partial charge in [-0.2, -0.15) is 0 Å². The topological polar surface area (TPSA) is 70.1 Å². The monoisotopic (exact) mass is 408 g/mol. The van der Waals surface area contributed by atoms with Crippen molar-refractivity contribution in [2.24, 2.45) is 5.92 Å². The van der Waals surface area contributed by atoms with Crippen molar-refractivity contribution in [2.45, 2.75) is 31.9 Å². The van der Waals surface area contributed by atoms with Crippen LogP contribution in [0.1, 0.15) is 35.7 Å². The summed E-state index contributed by atoms with van der Waals surface area (Å²) in [4.78, 5) is 27.9. The van der Waals surface area contributed by atoms with Crippen LogP contribution in [0.25, 0.3) is 0 Å². The Morgan fingerprint density at radius 1 is 1.13 bits per heavy atom. The molecule has 0 aliphatic carbocycles. The predicted octanol–water partition coefficient (Wildman–Crippen LogP) is 3.42. The van der Waals surface area contributed by atoms with Gasteiger partial charge >= 0.3 is 5.97 Å². The highest BCUT2D eigenvalue weighted by Crippen LogP contribution is 2.36. The number of anilines is 1. The molecule has 2 aromatic rings. The van der Waals surface area contributed by atoms with E-state index in [0.29, 0.717) is 18.0 Å². The largest absolute Gasteiger partial charge is 0.478 e. The number of para-hydroxylation sites is 1. The number of carboxylic acids is 1. The molecule has 0 radical (unpaired) electrons. The first kappa shape index (κ1) is 20.6. The van der Waals surface area contributed by atoms with E-state index in [1.165, 1.54) is 0 Å². The summed E-state index contributed by atoms with van der Waals surface area (Å²) in [5.41, 5.74) is 1.91. The minimum absolute atomic E-state index is 0.00873. The van der Waals surface area contributed by atoms with E-state index in [9.17, 15) is 14.7 Å². The van der Waals surface area contributed by atoms with Crippen LogP contribution in [0.15, 0.2) is 54.6 Å². The molecule has 1 amide bonds. The van der Waals surface area contributed by atoms with Gasteiger partial charge in [-0.3, -0.25) is 9.69 Å². The summed E-state index contributed by atoms with van der Waals surface area (Å²) in [5, 5.41) is 9.19. The molecule has 0 saturated carbocycles. The van der Waals surface area contributed by atoms with Crippen LogP contribution in [0.4, 0.5) is 5.69 Å². The molecule has 0 bridgehead atoms. The molecule has 2 heterocycles. The Balaban J connectivity index is 1.38. The Morgan fingerprint density at radius 2 is 1.87 bits per heavy atom. The number of carbonyl (C=O) groups is 2. The molecule has 2 aromatic carbocycles. The quantitative estimate of drug-likeness (QED) is 0.821. The van der Waals surface area contributed by atoms with E-state index in [-0.39, 0.29) is 18.1 Å². The van der Waals surface area contributed by atoms with Crippen LogP contribution < -0.4 is 4.90 Å². The normalized spacial score (nSPS) is 23.5. The van der Waals surface area contributed by atoms with Gasteiger partial charge in [0.25, 0.3) is 5.91 Å². The van der Waals surface area contributed by atoms with Crippen molar-refractivity contribution < 1.29 is 19.4 Å². The van der Waals surface area contributed by atoms with Crippen LogP contribution in [0.2, 0.25) is 0 Å². The number of rotatable bonds is 5. The van der Waals surface area contributed by atoms with E-state index in [4.69, 9.17) is 4.74 Å². The number of nitrogens with zero attached hydrogens (tertiary/aromatic N) is 2. The predicted molar refractivity (Wildman–Crippen MR) is 115 cm³/mol. The Labute approximate surface area is 177 Å². The number of likely N-dealkylation sites (tertiary alicyclic amines) is 1. The number of amides is 1. The third kappa shape index (κ3) is 4.40. The Morgan fingerprint density at radius 3 is 2.57 bits per heavy atom. The summed E-state index contributed by atoms with van der Waals surface area (Å²) in [6.45, 7) is 5.43. The lowest BCUT2D eigenvalue weighted by molar-refractivity contribution is -0.146. The summed E-state index contributed by atoms with van der Waals surface area (Å²) in [7, 11) is 0. The number of ether oxygens (including phenoxy) is 1. The van der Waals surface area contributed by atoms with Gasteiger partial charge < -0.3 is 14.7 Å². The molecule has 2 aliphatic rings. The highest BCUT2D eigenvalue weighted by Gasteiger charge is 2.43. The van der Waals surface area contributed by atoms with Crippen LogP contribution >= 0.6 is 0 Å². The fourth-order valence-electron chi connectivity index (χ4n) is 4.61. The van der Waals surface area contributed by atoms with E-state index >= 15 is 0 Å². The maximum Gasteiger partial charge on any atom is 0.335 e. The summed E-state index contributed by atoms with van der Waals surface area (Å²) < 4.78 is 6.09. The minimum atomic E-state index is -0.893. The molecule has 2 fully saturated rings. The summed E-state index contributed by atoms with van der Waals surface area (Å²) >= 11 is 0. The number of hydrogen-bond acceptors (Lipinski definition) is 4. The van der Waals surface area contributed by atoms with Crippen LogP contribution in [0.5, 0.6) is 0 Å². The molecule has 2 saturated heterocycles. The van der Waals surface area contributed by atoms with Crippen LogP contribution in [-0.2, 0) is 16.1 Å². The highest BCUT2D eigenvalue weighted by atomic mass is 16.5. The first-order valence-corrected chi connectivity index (χ1v) is 10.5. The molecule has 2 aliphatic heterocycles. The number of carboxylic acid groups (broad SMARTS) is 1. The van der Waals surface area contributed by atoms with E-state index < -0.39 is 5.97 Å². The molecule has 1 N–H and O–H groups in total. The maximum atomic E-state index is 12.4. The number of aromatic carboxylic acids is 1. The number of morpholine rings is 1. The Bertz CT molecular complexity index is 908. The molecule has 1 atom stereocenters. The van der Waals surface area contributed by atoms with Gasteiger partial charge in [0.15, 0.2) is 0 Å². The number of benzene rings is 2. The van der Waals surface area contributed by atoms with Gasteiger partial charge in [-0.15, -0.1) is 0 Å². The third-order valence-corrected chi connectivity index (χ3v) is 6.40. The molecule has 158 valence electrons. The standard InChI is InChI=1S/C24H28N2O4/c1-24(17-26(22(27)16-30-24)21-8-3-2-4-9-21)20-10-12-25(13-11-20)15-18-6-5-7-19(14-18)23(28)29/h2-9,14,20H,10-13,15-17H2,1H3,(H,28,29)/t24-/m1/s1. The molecule has 0 unspecified atom stereocenters. The zero-order chi connectivity index (χ0) is 21.1. The average molecular weight is 408 g/mol. The Kier molecular flexibility index (Phi) is 5.88. The maximum absolute atomic E-state index is 12.4. The zero-order valence-corrected chi connectivity index (χ0v) is 17.3. The molecular weight excluding hydrogens is 380 g/mol. The second-order valence-electron chi connectivity index (χ2n) is 8.47. The van der Waals surface area contributed by atoms with Gasteiger partial charge in [0.2, 0.25) is 0 Å².